The number of methoxy groups -OCH3 is 1. The van der Waals surface area contributed by atoms with Gasteiger partial charge in [0.05, 0.1) is 19.1 Å². The zero-order chi connectivity index (χ0) is 20.7. The van der Waals surface area contributed by atoms with Crippen molar-refractivity contribution in [1.82, 2.24) is 0 Å². The predicted molar refractivity (Wildman–Crippen MR) is 101 cm³/mol. The van der Waals surface area contributed by atoms with Crippen molar-refractivity contribution in [3.05, 3.63) is 46.8 Å². The number of aliphatic hydroxyl groups excluding tert-OH is 4. The largest absolute Gasteiger partial charge is 0.497 e. The van der Waals surface area contributed by atoms with Gasteiger partial charge in [-0.05, 0) is 30.3 Å². The third-order valence-electron chi connectivity index (χ3n) is 4.99. The van der Waals surface area contributed by atoms with Crippen LogP contribution < -0.4 is 15.1 Å². The lowest BCUT2D eigenvalue weighted by Crippen LogP contribution is -2.60. The van der Waals surface area contributed by atoms with Crippen LogP contribution in [0, 0.1) is 0 Å². The number of rotatable bonds is 4. The summed E-state index contributed by atoms with van der Waals surface area (Å²) >= 11 is 0. The molecule has 1 aliphatic heterocycles. The van der Waals surface area contributed by atoms with Crippen LogP contribution >= 0.6 is 0 Å². The van der Waals surface area contributed by atoms with Crippen LogP contribution in [-0.4, -0.2) is 64.8 Å². The van der Waals surface area contributed by atoms with Gasteiger partial charge in [0, 0.05) is 16.8 Å². The number of hydrogen-bond acceptors (Lipinski definition) is 9. The first-order valence-electron chi connectivity index (χ1n) is 8.94. The lowest BCUT2D eigenvalue weighted by molar-refractivity contribution is -0.277. The maximum Gasteiger partial charge on any atom is 0.344 e. The smallest absolute Gasteiger partial charge is 0.344 e. The molecule has 9 heteroatoms. The van der Waals surface area contributed by atoms with Crippen molar-refractivity contribution in [3.8, 4) is 11.5 Å². The maximum atomic E-state index is 12.4. The molecule has 29 heavy (non-hydrogen) atoms. The molecule has 2 aromatic carbocycles. The maximum absolute atomic E-state index is 12.4. The third-order valence-corrected chi connectivity index (χ3v) is 4.99. The molecule has 4 N–H and O–H groups in total. The van der Waals surface area contributed by atoms with E-state index in [1.807, 2.05) is 0 Å². The van der Waals surface area contributed by atoms with Crippen molar-refractivity contribution < 1.29 is 39.1 Å². The monoisotopic (exact) mass is 404 g/mol. The minimum absolute atomic E-state index is 0.206. The zero-order valence-electron chi connectivity index (χ0n) is 15.4. The van der Waals surface area contributed by atoms with Crippen molar-refractivity contribution in [2.45, 2.75) is 30.7 Å². The molecule has 154 valence electrons. The standard InChI is InChI=1S/C20H20O9/c1-26-9-2-4-11-12-5-3-10(7-14(12)28-19(25)13(11)6-9)27-20-18(24)17(23)16(22)15(8-21)29-20/h2-7,15-18,20-24H,8H2,1H3/t15-,16-,17+,18-,20-/m1/s1. The lowest BCUT2D eigenvalue weighted by Gasteiger charge is -2.39. The number of aliphatic hydroxyl groups is 4. The fourth-order valence-electron chi connectivity index (χ4n) is 3.39. The van der Waals surface area contributed by atoms with Crippen molar-refractivity contribution in [2.75, 3.05) is 13.7 Å². The summed E-state index contributed by atoms with van der Waals surface area (Å²) in [4.78, 5) is 12.4. The third kappa shape index (κ3) is 3.43. The minimum atomic E-state index is -1.55. The Morgan fingerprint density at radius 2 is 1.66 bits per heavy atom. The van der Waals surface area contributed by atoms with E-state index in [-0.39, 0.29) is 11.3 Å². The van der Waals surface area contributed by atoms with Gasteiger partial charge in [-0.1, -0.05) is 0 Å². The number of fused-ring (bicyclic) bond motifs is 3. The van der Waals surface area contributed by atoms with E-state index in [4.69, 9.17) is 18.6 Å². The SMILES string of the molecule is COc1ccc2c(c1)c(=O)oc1cc(O[C@@H]3O[C@H](CO)[C@@H](O)[C@H](O)[C@H]3O)ccc12. The predicted octanol–water partition coefficient (Wildman–Crippen LogP) is 0.133. The van der Waals surface area contributed by atoms with Crippen molar-refractivity contribution in [3.63, 3.8) is 0 Å². The van der Waals surface area contributed by atoms with Gasteiger partial charge in [0.2, 0.25) is 6.29 Å². The van der Waals surface area contributed by atoms with E-state index in [0.717, 1.165) is 0 Å². The van der Waals surface area contributed by atoms with Gasteiger partial charge in [-0.2, -0.15) is 0 Å². The number of hydrogen-bond donors (Lipinski definition) is 4. The quantitative estimate of drug-likeness (QED) is 0.353. The minimum Gasteiger partial charge on any atom is -0.497 e. The topological polar surface area (TPSA) is 139 Å². The molecule has 9 nitrogen and oxygen atoms in total. The highest BCUT2D eigenvalue weighted by Crippen LogP contribution is 2.30. The van der Waals surface area contributed by atoms with Gasteiger partial charge in [0.1, 0.15) is 41.5 Å². The van der Waals surface area contributed by atoms with Crippen LogP contribution in [0.15, 0.2) is 45.6 Å². The Morgan fingerprint density at radius 3 is 2.38 bits per heavy atom. The molecular weight excluding hydrogens is 384 g/mol. The Bertz CT molecular complexity index is 1090. The Hall–Kier alpha value is -2.69. The highest BCUT2D eigenvalue weighted by atomic mass is 16.7. The van der Waals surface area contributed by atoms with E-state index in [1.165, 1.54) is 13.2 Å². The second-order valence-corrected chi connectivity index (χ2v) is 6.77. The summed E-state index contributed by atoms with van der Waals surface area (Å²) in [5.74, 6) is 0.740. The summed E-state index contributed by atoms with van der Waals surface area (Å²) in [5, 5.41) is 40.8. The summed E-state index contributed by atoms with van der Waals surface area (Å²) in [6.07, 6.45) is -6.99. The van der Waals surface area contributed by atoms with Crippen LogP contribution in [0.5, 0.6) is 11.5 Å². The summed E-state index contributed by atoms with van der Waals surface area (Å²) in [5.41, 5.74) is -0.286. The highest BCUT2D eigenvalue weighted by Gasteiger charge is 2.44. The van der Waals surface area contributed by atoms with Gasteiger partial charge in [0.15, 0.2) is 0 Å². The van der Waals surface area contributed by atoms with Crippen molar-refractivity contribution in [2.24, 2.45) is 0 Å². The summed E-state index contributed by atoms with van der Waals surface area (Å²) in [7, 11) is 1.51. The molecule has 1 fully saturated rings. The van der Waals surface area contributed by atoms with Crippen LogP contribution in [0.2, 0.25) is 0 Å². The average molecular weight is 404 g/mol. The number of benzene rings is 2. The van der Waals surface area contributed by atoms with Crippen LogP contribution in [-0.2, 0) is 4.74 Å². The van der Waals surface area contributed by atoms with Crippen molar-refractivity contribution >= 4 is 21.7 Å². The molecular formula is C20H20O9. The Kier molecular flexibility index (Phi) is 5.15. The fraction of sp³-hybridized carbons (Fsp3) is 0.350. The molecule has 0 radical (unpaired) electrons. The molecule has 0 saturated carbocycles. The molecule has 0 unspecified atom stereocenters. The van der Waals surface area contributed by atoms with E-state index in [2.05, 4.69) is 0 Å². The van der Waals surface area contributed by atoms with Gasteiger partial charge in [-0.15, -0.1) is 0 Å². The average Bonchev–Trinajstić information content (AvgIpc) is 2.73. The van der Waals surface area contributed by atoms with Crippen LogP contribution in [0.3, 0.4) is 0 Å². The second kappa shape index (κ2) is 7.62. The molecule has 4 rings (SSSR count). The van der Waals surface area contributed by atoms with Crippen LogP contribution in [0.25, 0.3) is 21.7 Å². The zero-order valence-corrected chi connectivity index (χ0v) is 15.4. The highest BCUT2D eigenvalue weighted by molar-refractivity contribution is 6.04. The molecule has 0 bridgehead atoms. The normalized spacial score (nSPS) is 27.3. The van der Waals surface area contributed by atoms with Gasteiger partial charge < -0.3 is 39.1 Å². The van der Waals surface area contributed by atoms with E-state index >= 15 is 0 Å². The van der Waals surface area contributed by atoms with Gasteiger partial charge >= 0.3 is 5.63 Å². The van der Waals surface area contributed by atoms with E-state index in [1.54, 1.807) is 30.3 Å². The van der Waals surface area contributed by atoms with E-state index in [0.29, 0.717) is 21.9 Å². The first kappa shape index (κ1) is 19.6. The molecule has 0 spiro atoms. The Labute approximate surface area is 164 Å². The summed E-state index contributed by atoms with van der Waals surface area (Å²) < 4.78 is 21.4. The first-order chi connectivity index (χ1) is 13.9. The summed E-state index contributed by atoms with van der Waals surface area (Å²) in [6.45, 7) is -0.563. The van der Waals surface area contributed by atoms with E-state index < -0.39 is 42.9 Å². The van der Waals surface area contributed by atoms with E-state index in [9.17, 15) is 25.2 Å². The van der Waals surface area contributed by atoms with Gasteiger partial charge in [0.25, 0.3) is 0 Å². The van der Waals surface area contributed by atoms with Crippen LogP contribution in [0.1, 0.15) is 0 Å². The molecule has 0 aliphatic carbocycles. The molecule has 3 aromatic rings. The molecule has 0 amide bonds. The lowest BCUT2D eigenvalue weighted by atomic mass is 9.99. The molecule has 2 heterocycles. The second-order valence-electron chi connectivity index (χ2n) is 6.77. The molecule has 1 aliphatic rings. The Balaban J connectivity index is 1.69. The van der Waals surface area contributed by atoms with Crippen LogP contribution in [0.4, 0.5) is 0 Å². The van der Waals surface area contributed by atoms with Crippen molar-refractivity contribution in [1.29, 1.82) is 0 Å². The Morgan fingerprint density at radius 1 is 0.931 bits per heavy atom. The molecule has 5 atom stereocenters. The number of ether oxygens (including phenoxy) is 3. The first-order valence-corrected chi connectivity index (χ1v) is 8.94. The molecule has 1 saturated heterocycles. The summed E-state index contributed by atoms with van der Waals surface area (Å²) in [6, 6.07) is 9.83. The van der Waals surface area contributed by atoms with Gasteiger partial charge in [-0.3, -0.25) is 0 Å². The van der Waals surface area contributed by atoms with Gasteiger partial charge in [-0.25, -0.2) is 4.79 Å². The fourth-order valence-corrected chi connectivity index (χ4v) is 3.39. The molecule has 1 aromatic heterocycles.